The molecule has 0 aromatic heterocycles. The van der Waals surface area contributed by atoms with Gasteiger partial charge in [0.05, 0.1) is 0 Å². The maximum atomic E-state index is 12.1. The average Bonchev–Trinajstić information content (AvgIpc) is 2.46. The zero-order valence-electron chi connectivity index (χ0n) is 7.26. The van der Waals surface area contributed by atoms with Gasteiger partial charge in [0.25, 0.3) is 0 Å². The normalized spacial score (nSPS) is 16.2. The Hall–Kier alpha value is -0.410. The standard InChI is InChI=1S/C10H11BrFN/c11-10-2-1-8-6-13(4-3-12)7-9(8)5-10/h1-2,5H,3-4,6-7H2. The molecule has 0 saturated carbocycles. The molecule has 2 rings (SSSR count). The third-order valence-electron chi connectivity index (χ3n) is 2.36. The van der Waals surface area contributed by atoms with E-state index in [2.05, 4.69) is 33.0 Å². The minimum absolute atomic E-state index is 0.255. The fraction of sp³-hybridized carbons (Fsp3) is 0.400. The Morgan fingerprint density at radius 3 is 2.85 bits per heavy atom. The lowest BCUT2D eigenvalue weighted by Gasteiger charge is -2.10. The topological polar surface area (TPSA) is 3.24 Å². The van der Waals surface area contributed by atoms with Crippen molar-refractivity contribution in [2.24, 2.45) is 0 Å². The van der Waals surface area contributed by atoms with Crippen LogP contribution in [0, 0.1) is 0 Å². The predicted octanol–water partition coefficient (Wildman–Crippen LogP) is 2.73. The van der Waals surface area contributed by atoms with E-state index in [1.165, 1.54) is 11.1 Å². The molecule has 13 heavy (non-hydrogen) atoms. The van der Waals surface area contributed by atoms with Crippen molar-refractivity contribution in [3.63, 3.8) is 0 Å². The molecule has 0 amide bonds. The van der Waals surface area contributed by atoms with E-state index in [1.807, 2.05) is 6.07 Å². The van der Waals surface area contributed by atoms with Crippen LogP contribution >= 0.6 is 15.9 Å². The smallest absolute Gasteiger partial charge is 0.102 e. The molecule has 0 unspecified atom stereocenters. The van der Waals surface area contributed by atoms with E-state index in [4.69, 9.17) is 0 Å². The van der Waals surface area contributed by atoms with Crippen molar-refractivity contribution in [2.45, 2.75) is 13.1 Å². The molecule has 1 aromatic carbocycles. The Labute approximate surface area is 85.7 Å². The highest BCUT2D eigenvalue weighted by molar-refractivity contribution is 9.10. The summed E-state index contributed by atoms with van der Waals surface area (Å²) < 4.78 is 13.2. The van der Waals surface area contributed by atoms with Gasteiger partial charge < -0.3 is 0 Å². The molecule has 70 valence electrons. The van der Waals surface area contributed by atoms with Crippen molar-refractivity contribution in [1.29, 1.82) is 0 Å². The molecule has 1 aliphatic heterocycles. The van der Waals surface area contributed by atoms with Gasteiger partial charge in [0.2, 0.25) is 0 Å². The van der Waals surface area contributed by atoms with Gasteiger partial charge >= 0.3 is 0 Å². The maximum Gasteiger partial charge on any atom is 0.102 e. The van der Waals surface area contributed by atoms with E-state index >= 15 is 0 Å². The highest BCUT2D eigenvalue weighted by atomic mass is 79.9. The fourth-order valence-electron chi connectivity index (χ4n) is 1.71. The van der Waals surface area contributed by atoms with Crippen molar-refractivity contribution >= 4 is 15.9 Å². The van der Waals surface area contributed by atoms with Crippen LogP contribution in [-0.2, 0) is 13.1 Å². The molecule has 1 heterocycles. The van der Waals surface area contributed by atoms with Crippen LogP contribution in [0.1, 0.15) is 11.1 Å². The summed E-state index contributed by atoms with van der Waals surface area (Å²) in [6, 6.07) is 6.27. The maximum absolute atomic E-state index is 12.1. The molecule has 0 radical (unpaired) electrons. The summed E-state index contributed by atoms with van der Waals surface area (Å²) in [7, 11) is 0. The summed E-state index contributed by atoms with van der Waals surface area (Å²) in [6.07, 6.45) is 0. The molecule has 1 aromatic rings. The summed E-state index contributed by atoms with van der Waals surface area (Å²) in [6.45, 7) is 2.08. The summed E-state index contributed by atoms with van der Waals surface area (Å²) in [5.74, 6) is 0. The van der Waals surface area contributed by atoms with Gasteiger partial charge in [0.15, 0.2) is 0 Å². The highest BCUT2D eigenvalue weighted by Crippen LogP contribution is 2.25. The number of benzene rings is 1. The molecule has 0 saturated heterocycles. The Bertz CT molecular complexity index is 314. The lowest BCUT2D eigenvalue weighted by atomic mass is 10.1. The second kappa shape index (κ2) is 3.76. The van der Waals surface area contributed by atoms with Crippen LogP contribution in [0.25, 0.3) is 0 Å². The van der Waals surface area contributed by atoms with E-state index in [1.54, 1.807) is 0 Å². The minimum Gasteiger partial charge on any atom is -0.292 e. The number of hydrogen-bond acceptors (Lipinski definition) is 1. The summed E-state index contributed by atoms with van der Waals surface area (Å²) in [5, 5.41) is 0. The molecule has 0 spiro atoms. The van der Waals surface area contributed by atoms with Crippen molar-refractivity contribution < 1.29 is 4.39 Å². The SMILES string of the molecule is FCCN1Cc2ccc(Br)cc2C1. The van der Waals surface area contributed by atoms with E-state index in [-0.39, 0.29) is 6.67 Å². The largest absolute Gasteiger partial charge is 0.292 e. The Kier molecular flexibility index (Phi) is 2.65. The van der Waals surface area contributed by atoms with E-state index in [9.17, 15) is 4.39 Å². The number of hydrogen-bond donors (Lipinski definition) is 0. The first-order chi connectivity index (χ1) is 6.29. The second-order valence-electron chi connectivity index (χ2n) is 3.31. The third kappa shape index (κ3) is 1.92. The first-order valence-electron chi connectivity index (χ1n) is 4.35. The lowest BCUT2D eigenvalue weighted by Crippen LogP contribution is -2.18. The fourth-order valence-corrected chi connectivity index (χ4v) is 2.12. The number of nitrogens with zero attached hydrogens (tertiary/aromatic N) is 1. The van der Waals surface area contributed by atoms with E-state index in [0.717, 1.165) is 17.6 Å². The third-order valence-corrected chi connectivity index (χ3v) is 2.85. The van der Waals surface area contributed by atoms with E-state index in [0.29, 0.717) is 6.54 Å². The predicted molar refractivity (Wildman–Crippen MR) is 54.2 cm³/mol. The molecule has 0 aliphatic carbocycles. The minimum atomic E-state index is -0.255. The molecular formula is C10H11BrFN. The van der Waals surface area contributed by atoms with Gasteiger partial charge in [0, 0.05) is 24.1 Å². The van der Waals surface area contributed by atoms with E-state index < -0.39 is 0 Å². The zero-order valence-corrected chi connectivity index (χ0v) is 8.85. The van der Waals surface area contributed by atoms with Gasteiger partial charge in [-0.15, -0.1) is 0 Å². The first kappa shape index (κ1) is 9.16. The summed E-state index contributed by atoms with van der Waals surface area (Å²) in [5.41, 5.74) is 2.65. The molecule has 0 atom stereocenters. The van der Waals surface area contributed by atoms with Crippen LogP contribution in [0.2, 0.25) is 0 Å². The number of rotatable bonds is 2. The Morgan fingerprint density at radius 2 is 2.08 bits per heavy atom. The van der Waals surface area contributed by atoms with Crippen LogP contribution in [0.5, 0.6) is 0 Å². The van der Waals surface area contributed by atoms with Crippen molar-refractivity contribution in [1.82, 2.24) is 4.90 Å². The number of fused-ring (bicyclic) bond motifs is 1. The van der Waals surface area contributed by atoms with Gasteiger partial charge in [-0.05, 0) is 23.3 Å². The average molecular weight is 244 g/mol. The zero-order chi connectivity index (χ0) is 9.26. The van der Waals surface area contributed by atoms with Crippen LogP contribution in [0.3, 0.4) is 0 Å². The number of halogens is 2. The van der Waals surface area contributed by atoms with Crippen molar-refractivity contribution in [3.05, 3.63) is 33.8 Å². The van der Waals surface area contributed by atoms with Gasteiger partial charge in [-0.3, -0.25) is 4.90 Å². The first-order valence-corrected chi connectivity index (χ1v) is 5.14. The second-order valence-corrected chi connectivity index (χ2v) is 4.23. The van der Waals surface area contributed by atoms with Crippen molar-refractivity contribution in [2.75, 3.05) is 13.2 Å². The molecular weight excluding hydrogens is 233 g/mol. The Balaban J connectivity index is 2.16. The molecule has 1 aliphatic rings. The molecule has 0 fully saturated rings. The Morgan fingerprint density at radius 1 is 1.31 bits per heavy atom. The lowest BCUT2D eigenvalue weighted by molar-refractivity contribution is 0.255. The molecule has 0 N–H and O–H groups in total. The summed E-state index contributed by atoms with van der Waals surface area (Å²) >= 11 is 3.43. The van der Waals surface area contributed by atoms with Crippen LogP contribution < -0.4 is 0 Å². The van der Waals surface area contributed by atoms with Gasteiger partial charge in [0.1, 0.15) is 6.67 Å². The van der Waals surface area contributed by atoms with Gasteiger partial charge in [-0.2, -0.15) is 0 Å². The van der Waals surface area contributed by atoms with Gasteiger partial charge in [-0.1, -0.05) is 22.0 Å². The quantitative estimate of drug-likeness (QED) is 0.773. The molecule has 0 bridgehead atoms. The molecule has 1 nitrogen and oxygen atoms in total. The van der Waals surface area contributed by atoms with Crippen LogP contribution in [-0.4, -0.2) is 18.1 Å². The monoisotopic (exact) mass is 243 g/mol. The van der Waals surface area contributed by atoms with Crippen LogP contribution in [0.4, 0.5) is 4.39 Å². The molecule has 3 heteroatoms. The van der Waals surface area contributed by atoms with Crippen LogP contribution in [0.15, 0.2) is 22.7 Å². The summed E-state index contributed by atoms with van der Waals surface area (Å²) in [4.78, 5) is 2.12. The van der Waals surface area contributed by atoms with Crippen molar-refractivity contribution in [3.8, 4) is 0 Å². The number of alkyl halides is 1. The van der Waals surface area contributed by atoms with Gasteiger partial charge in [-0.25, -0.2) is 4.39 Å². The highest BCUT2D eigenvalue weighted by Gasteiger charge is 2.17.